The fraction of sp³-hybridized carbons (Fsp3) is 0.500. The standard InChI is InChI=1S/C18H22N4O2/c1-13-17(20-15-6-3-2-5-14(15)19-13)21-8-10-22(11-9-21)18(23)16-7-4-12-24-16/h2-3,5-6,16H,4,7-12H2,1H3. The second kappa shape index (κ2) is 6.36. The molecule has 2 saturated heterocycles. The summed E-state index contributed by atoms with van der Waals surface area (Å²) in [4.78, 5) is 26.0. The molecule has 4 rings (SSSR count). The van der Waals surface area contributed by atoms with Crippen molar-refractivity contribution in [2.45, 2.75) is 25.9 Å². The summed E-state index contributed by atoms with van der Waals surface area (Å²) in [5.41, 5.74) is 2.77. The fourth-order valence-corrected chi connectivity index (χ4v) is 3.49. The molecular weight excluding hydrogens is 304 g/mol. The van der Waals surface area contributed by atoms with Crippen LogP contribution in [-0.2, 0) is 9.53 Å². The lowest BCUT2D eigenvalue weighted by Crippen LogP contribution is -2.51. The molecule has 1 aromatic heterocycles. The number of hydrogen-bond donors (Lipinski definition) is 0. The van der Waals surface area contributed by atoms with Gasteiger partial charge in [-0.15, -0.1) is 0 Å². The fourth-order valence-electron chi connectivity index (χ4n) is 3.49. The molecule has 126 valence electrons. The third-order valence-corrected chi connectivity index (χ3v) is 4.82. The molecule has 0 N–H and O–H groups in total. The number of aryl methyl sites for hydroxylation is 1. The zero-order valence-corrected chi connectivity index (χ0v) is 13.9. The van der Waals surface area contributed by atoms with Crippen LogP contribution in [0.3, 0.4) is 0 Å². The first-order valence-electron chi connectivity index (χ1n) is 8.61. The summed E-state index contributed by atoms with van der Waals surface area (Å²) >= 11 is 0. The number of fused-ring (bicyclic) bond motifs is 1. The van der Waals surface area contributed by atoms with Gasteiger partial charge in [-0.2, -0.15) is 0 Å². The van der Waals surface area contributed by atoms with E-state index in [0.717, 1.165) is 48.5 Å². The molecule has 1 atom stereocenters. The first kappa shape index (κ1) is 15.3. The molecule has 0 saturated carbocycles. The van der Waals surface area contributed by atoms with Crippen molar-refractivity contribution in [1.29, 1.82) is 0 Å². The highest BCUT2D eigenvalue weighted by atomic mass is 16.5. The van der Waals surface area contributed by atoms with Crippen LogP contribution in [0, 0.1) is 6.92 Å². The van der Waals surface area contributed by atoms with Crippen molar-refractivity contribution in [3.63, 3.8) is 0 Å². The summed E-state index contributed by atoms with van der Waals surface area (Å²) in [5.74, 6) is 1.08. The molecule has 2 aliphatic rings. The number of ether oxygens (including phenoxy) is 1. The smallest absolute Gasteiger partial charge is 0.251 e. The quantitative estimate of drug-likeness (QED) is 0.842. The highest BCUT2D eigenvalue weighted by Gasteiger charge is 2.30. The van der Waals surface area contributed by atoms with Gasteiger partial charge in [0.2, 0.25) is 0 Å². The topological polar surface area (TPSA) is 58.6 Å². The van der Waals surface area contributed by atoms with Gasteiger partial charge in [-0.05, 0) is 31.9 Å². The number of rotatable bonds is 2. The van der Waals surface area contributed by atoms with E-state index in [2.05, 4.69) is 9.88 Å². The summed E-state index contributed by atoms with van der Waals surface area (Å²) in [6.07, 6.45) is 1.62. The first-order chi connectivity index (χ1) is 11.7. The van der Waals surface area contributed by atoms with Crippen molar-refractivity contribution in [1.82, 2.24) is 14.9 Å². The number of aromatic nitrogens is 2. The Morgan fingerprint density at radius 1 is 1.12 bits per heavy atom. The lowest BCUT2D eigenvalue weighted by atomic mass is 10.2. The maximum atomic E-state index is 12.4. The summed E-state index contributed by atoms with van der Waals surface area (Å²) in [6, 6.07) is 7.93. The van der Waals surface area contributed by atoms with Crippen molar-refractivity contribution in [3.8, 4) is 0 Å². The van der Waals surface area contributed by atoms with Gasteiger partial charge in [0, 0.05) is 32.8 Å². The number of benzene rings is 1. The summed E-state index contributed by atoms with van der Waals surface area (Å²) in [5, 5.41) is 0. The normalized spacial score (nSPS) is 21.5. The van der Waals surface area contributed by atoms with Gasteiger partial charge in [0.05, 0.1) is 16.7 Å². The van der Waals surface area contributed by atoms with Gasteiger partial charge >= 0.3 is 0 Å². The van der Waals surface area contributed by atoms with E-state index >= 15 is 0 Å². The maximum Gasteiger partial charge on any atom is 0.251 e. The predicted molar refractivity (Wildman–Crippen MR) is 92.0 cm³/mol. The number of carbonyl (C=O) groups is 1. The van der Waals surface area contributed by atoms with E-state index in [9.17, 15) is 4.79 Å². The Hall–Kier alpha value is -2.21. The number of anilines is 1. The molecule has 3 heterocycles. The zero-order valence-electron chi connectivity index (χ0n) is 13.9. The zero-order chi connectivity index (χ0) is 16.5. The van der Waals surface area contributed by atoms with Crippen LogP contribution in [0.1, 0.15) is 18.5 Å². The minimum atomic E-state index is -0.223. The summed E-state index contributed by atoms with van der Waals surface area (Å²) in [6.45, 7) is 5.71. The number of nitrogens with zero attached hydrogens (tertiary/aromatic N) is 4. The monoisotopic (exact) mass is 326 g/mol. The van der Waals surface area contributed by atoms with Gasteiger partial charge in [-0.25, -0.2) is 9.97 Å². The Morgan fingerprint density at radius 2 is 1.83 bits per heavy atom. The second-order valence-electron chi connectivity index (χ2n) is 6.44. The van der Waals surface area contributed by atoms with Gasteiger partial charge in [0.25, 0.3) is 5.91 Å². The molecule has 2 aromatic rings. The Bertz CT molecular complexity index is 750. The van der Waals surface area contributed by atoms with Crippen molar-refractivity contribution in [2.24, 2.45) is 0 Å². The molecule has 0 aliphatic carbocycles. The first-order valence-corrected chi connectivity index (χ1v) is 8.61. The Kier molecular flexibility index (Phi) is 4.06. The number of para-hydroxylation sites is 2. The van der Waals surface area contributed by atoms with Crippen LogP contribution in [0.5, 0.6) is 0 Å². The molecule has 0 radical (unpaired) electrons. The molecular formula is C18H22N4O2. The van der Waals surface area contributed by atoms with Crippen LogP contribution < -0.4 is 4.90 Å². The van der Waals surface area contributed by atoms with Crippen LogP contribution in [0.25, 0.3) is 11.0 Å². The van der Waals surface area contributed by atoms with E-state index < -0.39 is 0 Å². The number of amides is 1. The third-order valence-electron chi connectivity index (χ3n) is 4.82. The molecule has 0 spiro atoms. The number of hydrogen-bond acceptors (Lipinski definition) is 5. The molecule has 2 aliphatic heterocycles. The van der Waals surface area contributed by atoms with E-state index in [1.165, 1.54) is 0 Å². The van der Waals surface area contributed by atoms with Crippen molar-refractivity contribution in [3.05, 3.63) is 30.0 Å². The van der Waals surface area contributed by atoms with Gasteiger partial charge in [0.15, 0.2) is 5.82 Å². The third kappa shape index (κ3) is 2.82. The average molecular weight is 326 g/mol. The lowest BCUT2D eigenvalue weighted by molar-refractivity contribution is -0.141. The molecule has 1 aromatic carbocycles. The lowest BCUT2D eigenvalue weighted by Gasteiger charge is -2.36. The van der Waals surface area contributed by atoms with Crippen LogP contribution in [-0.4, -0.2) is 59.7 Å². The van der Waals surface area contributed by atoms with Gasteiger partial charge < -0.3 is 14.5 Å². The van der Waals surface area contributed by atoms with Crippen LogP contribution in [0.2, 0.25) is 0 Å². The second-order valence-corrected chi connectivity index (χ2v) is 6.44. The van der Waals surface area contributed by atoms with E-state index in [1.807, 2.05) is 36.1 Å². The van der Waals surface area contributed by atoms with Gasteiger partial charge in [0.1, 0.15) is 6.10 Å². The Labute approximate surface area is 141 Å². The average Bonchev–Trinajstić information content (AvgIpc) is 3.15. The summed E-state index contributed by atoms with van der Waals surface area (Å²) < 4.78 is 5.52. The van der Waals surface area contributed by atoms with E-state index in [4.69, 9.17) is 9.72 Å². The SMILES string of the molecule is Cc1nc2ccccc2nc1N1CCN(C(=O)C2CCCO2)CC1. The summed E-state index contributed by atoms with van der Waals surface area (Å²) in [7, 11) is 0. The Morgan fingerprint density at radius 3 is 2.50 bits per heavy atom. The van der Waals surface area contributed by atoms with Crippen molar-refractivity contribution < 1.29 is 9.53 Å². The van der Waals surface area contributed by atoms with Crippen LogP contribution in [0.4, 0.5) is 5.82 Å². The van der Waals surface area contributed by atoms with Crippen LogP contribution >= 0.6 is 0 Å². The van der Waals surface area contributed by atoms with E-state index in [0.29, 0.717) is 19.7 Å². The molecule has 6 nitrogen and oxygen atoms in total. The van der Waals surface area contributed by atoms with Gasteiger partial charge in [-0.1, -0.05) is 12.1 Å². The minimum absolute atomic E-state index is 0.147. The largest absolute Gasteiger partial charge is 0.368 e. The molecule has 24 heavy (non-hydrogen) atoms. The van der Waals surface area contributed by atoms with Crippen molar-refractivity contribution >= 4 is 22.8 Å². The molecule has 0 bridgehead atoms. The Balaban J connectivity index is 1.47. The molecule has 1 amide bonds. The predicted octanol–water partition coefficient (Wildman–Crippen LogP) is 1.77. The van der Waals surface area contributed by atoms with E-state index in [-0.39, 0.29) is 12.0 Å². The molecule has 2 fully saturated rings. The maximum absolute atomic E-state index is 12.4. The van der Waals surface area contributed by atoms with Crippen molar-refractivity contribution in [2.75, 3.05) is 37.7 Å². The van der Waals surface area contributed by atoms with Crippen LogP contribution in [0.15, 0.2) is 24.3 Å². The molecule has 6 heteroatoms. The molecule has 1 unspecified atom stereocenters. The highest BCUT2D eigenvalue weighted by Crippen LogP contribution is 2.22. The van der Waals surface area contributed by atoms with Gasteiger partial charge in [-0.3, -0.25) is 4.79 Å². The number of carbonyl (C=O) groups excluding carboxylic acids is 1. The minimum Gasteiger partial charge on any atom is -0.368 e. The van der Waals surface area contributed by atoms with E-state index in [1.54, 1.807) is 0 Å². The number of piperazine rings is 1. The highest BCUT2D eigenvalue weighted by molar-refractivity contribution is 5.81.